The molecule has 0 aliphatic carbocycles. The Bertz CT molecular complexity index is 937. The summed E-state index contributed by atoms with van der Waals surface area (Å²) in [7, 11) is 4.00. The summed E-state index contributed by atoms with van der Waals surface area (Å²) >= 11 is 6.06. The standard InChI is InChI=1S/C20H20ClN3O/c1-13-17(11-15-10-16(21)8-9-19(15)22-13)20(25)23-18-7-5-4-6-14(18)12-24(2)3/h4-11H,12H2,1-3H3,(H,23,25). The Hall–Kier alpha value is -2.43. The van der Waals surface area contributed by atoms with Crippen molar-refractivity contribution < 1.29 is 4.79 Å². The normalized spacial score (nSPS) is 11.1. The number of benzene rings is 2. The summed E-state index contributed by atoms with van der Waals surface area (Å²) < 4.78 is 0. The predicted octanol–water partition coefficient (Wildman–Crippen LogP) is 4.51. The van der Waals surface area contributed by atoms with Crippen LogP contribution in [-0.2, 0) is 6.54 Å². The van der Waals surface area contributed by atoms with Gasteiger partial charge < -0.3 is 10.2 Å². The number of aryl methyl sites for hydroxylation is 1. The molecule has 1 N–H and O–H groups in total. The van der Waals surface area contributed by atoms with E-state index in [1.807, 2.05) is 63.5 Å². The van der Waals surface area contributed by atoms with Gasteiger partial charge in [0.2, 0.25) is 0 Å². The van der Waals surface area contributed by atoms with E-state index >= 15 is 0 Å². The van der Waals surface area contributed by atoms with Gasteiger partial charge in [-0.05, 0) is 56.9 Å². The zero-order valence-corrected chi connectivity index (χ0v) is 15.3. The number of nitrogens with zero attached hydrogens (tertiary/aromatic N) is 2. The third kappa shape index (κ3) is 3.98. The molecule has 1 heterocycles. The molecule has 0 bridgehead atoms. The van der Waals surface area contributed by atoms with E-state index < -0.39 is 0 Å². The number of aromatic nitrogens is 1. The Kier molecular flexibility index (Phi) is 5.02. The van der Waals surface area contributed by atoms with Crippen LogP contribution in [0.2, 0.25) is 5.02 Å². The molecule has 0 saturated heterocycles. The minimum Gasteiger partial charge on any atom is -0.322 e. The zero-order chi connectivity index (χ0) is 18.0. The summed E-state index contributed by atoms with van der Waals surface area (Å²) in [5.41, 5.74) is 3.94. The van der Waals surface area contributed by atoms with Crippen molar-refractivity contribution in [1.82, 2.24) is 9.88 Å². The van der Waals surface area contributed by atoms with Gasteiger partial charge in [-0.1, -0.05) is 29.8 Å². The lowest BCUT2D eigenvalue weighted by Crippen LogP contribution is -2.17. The van der Waals surface area contributed by atoms with E-state index in [4.69, 9.17) is 11.6 Å². The molecule has 128 valence electrons. The zero-order valence-electron chi connectivity index (χ0n) is 14.5. The van der Waals surface area contributed by atoms with Crippen LogP contribution in [0.5, 0.6) is 0 Å². The summed E-state index contributed by atoms with van der Waals surface area (Å²) in [6, 6.07) is 15.1. The van der Waals surface area contributed by atoms with Crippen molar-refractivity contribution in [3.8, 4) is 0 Å². The molecule has 5 heteroatoms. The van der Waals surface area contributed by atoms with Crippen molar-refractivity contribution in [2.45, 2.75) is 13.5 Å². The number of hydrogen-bond acceptors (Lipinski definition) is 3. The van der Waals surface area contributed by atoms with Crippen molar-refractivity contribution >= 4 is 34.1 Å². The van der Waals surface area contributed by atoms with Gasteiger partial charge in [0, 0.05) is 22.6 Å². The SMILES string of the molecule is Cc1nc2ccc(Cl)cc2cc1C(=O)Nc1ccccc1CN(C)C. The molecule has 0 saturated carbocycles. The lowest BCUT2D eigenvalue weighted by Gasteiger charge is -2.15. The molecule has 4 nitrogen and oxygen atoms in total. The second kappa shape index (κ2) is 7.21. The maximum atomic E-state index is 12.8. The fourth-order valence-electron chi connectivity index (χ4n) is 2.78. The van der Waals surface area contributed by atoms with Gasteiger partial charge in [-0.15, -0.1) is 0 Å². The van der Waals surface area contributed by atoms with Gasteiger partial charge in [0.05, 0.1) is 16.8 Å². The molecular weight excluding hydrogens is 334 g/mol. The quantitative estimate of drug-likeness (QED) is 0.750. The maximum absolute atomic E-state index is 12.8. The summed E-state index contributed by atoms with van der Waals surface area (Å²) in [5, 5.41) is 4.49. The van der Waals surface area contributed by atoms with E-state index in [0.717, 1.165) is 28.7 Å². The maximum Gasteiger partial charge on any atom is 0.257 e. The number of anilines is 1. The first-order chi connectivity index (χ1) is 11.9. The molecular formula is C20H20ClN3O. The molecule has 0 aliphatic heterocycles. The molecule has 2 aromatic carbocycles. The van der Waals surface area contributed by atoms with Gasteiger partial charge in [-0.3, -0.25) is 9.78 Å². The average Bonchev–Trinajstić information content (AvgIpc) is 2.56. The number of para-hydroxylation sites is 1. The highest BCUT2D eigenvalue weighted by Crippen LogP contribution is 2.22. The first-order valence-electron chi connectivity index (χ1n) is 8.05. The van der Waals surface area contributed by atoms with Crippen LogP contribution < -0.4 is 5.32 Å². The fraction of sp³-hybridized carbons (Fsp3) is 0.200. The number of carbonyl (C=O) groups is 1. The summed E-state index contributed by atoms with van der Waals surface area (Å²) in [6.45, 7) is 2.59. The van der Waals surface area contributed by atoms with E-state index in [1.54, 1.807) is 6.07 Å². The average molecular weight is 354 g/mol. The number of hydrogen-bond donors (Lipinski definition) is 1. The van der Waals surface area contributed by atoms with Gasteiger partial charge in [0.15, 0.2) is 0 Å². The third-order valence-corrected chi connectivity index (χ3v) is 4.20. The fourth-order valence-corrected chi connectivity index (χ4v) is 2.96. The highest BCUT2D eigenvalue weighted by molar-refractivity contribution is 6.31. The van der Waals surface area contributed by atoms with Crippen LogP contribution in [0.15, 0.2) is 48.5 Å². The molecule has 3 aromatic rings. The Morgan fingerprint density at radius 3 is 2.68 bits per heavy atom. The van der Waals surface area contributed by atoms with E-state index in [-0.39, 0.29) is 5.91 Å². The van der Waals surface area contributed by atoms with E-state index in [9.17, 15) is 4.79 Å². The molecule has 0 atom stereocenters. The van der Waals surface area contributed by atoms with Crippen LogP contribution in [0, 0.1) is 6.92 Å². The van der Waals surface area contributed by atoms with Crippen molar-refractivity contribution in [1.29, 1.82) is 0 Å². The molecule has 25 heavy (non-hydrogen) atoms. The number of nitrogens with one attached hydrogen (secondary N) is 1. The topological polar surface area (TPSA) is 45.2 Å². The Balaban J connectivity index is 1.94. The Labute approximate surface area is 152 Å². The molecule has 0 aliphatic rings. The number of fused-ring (bicyclic) bond motifs is 1. The molecule has 1 aromatic heterocycles. The van der Waals surface area contributed by atoms with E-state index in [1.165, 1.54) is 0 Å². The molecule has 0 fully saturated rings. The summed E-state index contributed by atoms with van der Waals surface area (Å²) in [5.74, 6) is -0.168. The number of carbonyl (C=O) groups excluding carboxylic acids is 1. The van der Waals surface area contributed by atoms with Gasteiger partial charge in [-0.25, -0.2) is 0 Å². The molecule has 0 unspecified atom stereocenters. The minimum atomic E-state index is -0.168. The largest absolute Gasteiger partial charge is 0.322 e. The van der Waals surface area contributed by atoms with Crippen LogP contribution in [0.25, 0.3) is 10.9 Å². The van der Waals surface area contributed by atoms with Crippen LogP contribution in [0.3, 0.4) is 0 Å². The highest BCUT2D eigenvalue weighted by Gasteiger charge is 2.14. The first-order valence-corrected chi connectivity index (χ1v) is 8.43. The van der Waals surface area contributed by atoms with Crippen LogP contribution in [0.1, 0.15) is 21.6 Å². The Morgan fingerprint density at radius 2 is 1.92 bits per heavy atom. The summed E-state index contributed by atoms with van der Waals surface area (Å²) in [4.78, 5) is 19.4. The van der Waals surface area contributed by atoms with Crippen LogP contribution >= 0.6 is 11.6 Å². The number of halogens is 1. The van der Waals surface area contributed by atoms with E-state index in [2.05, 4.69) is 15.2 Å². The number of amides is 1. The monoisotopic (exact) mass is 353 g/mol. The smallest absolute Gasteiger partial charge is 0.257 e. The van der Waals surface area contributed by atoms with Gasteiger partial charge in [-0.2, -0.15) is 0 Å². The highest BCUT2D eigenvalue weighted by atomic mass is 35.5. The van der Waals surface area contributed by atoms with E-state index in [0.29, 0.717) is 16.3 Å². The Morgan fingerprint density at radius 1 is 1.16 bits per heavy atom. The van der Waals surface area contributed by atoms with Gasteiger partial charge in [0.25, 0.3) is 5.91 Å². The molecule has 1 amide bonds. The molecule has 3 rings (SSSR count). The van der Waals surface area contributed by atoms with Crippen molar-refractivity contribution in [2.24, 2.45) is 0 Å². The second-order valence-corrected chi connectivity index (χ2v) is 6.74. The van der Waals surface area contributed by atoms with Crippen molar-refractivity contribution in [3.63, 3.8) is 0 Å². The minimum absolute atomic E-state index is 0.168. The van der Waals surface area contributed by atoms with Gasteiger partial charge in [0.1, 0.15) is 0 Å². The van der Waals surface area contributed by atoms with Crippen LogP contribution in [0.4, 0.5) is 5.69 Å². The first kappa shape index (κ1) is 17.4. The lowest BCUT2D eigenvalue weighted by atomic mass is 10.1. The van der Waals surface area contributed by atoms with Crippen LogP contribution in [-0.4, -0.2) is 29.9 Å². The number of pyridine rings is 1. The second-order valence-electron chi connectivity index (χ2n) is 6.31. The number of rotatable bonds is 4. The molecule has 0 radical (unpaired) electrons. The van der Waals surface area contributed by atoms with Crippen molar-refractivity contribution in [2.75, 3.05) is 19.4 Å². The molecule has 0 spiro atoms. The predicted molar refractivity (Wildman–Crippen MR) is 103 cm³/mol. The lowest BCUT2D eigenvalue weighted by molar-refractivity contribution is 0.102. The van der Waals surface area contributed by atoms with Crippen molar-refractivity contribution in [3.05, 3.63) is 70.4 Å². The van der Waals surface area contributed by atoms with Gasteiger partial charge >= 0.3 is 0 Å². The summed E-state index contributed by atoms with van der Waals surface area (Å²) in [6.07, 6.45) is 0. The third-order valence-electron chi connectivity index (χ3n) is 3.96.